The van der Waals surface area contributed by atoms with Gasteiger partial charge < -0.3 is 30.4 Å². The molecule has 11 heteroatoms. The molecular formula is C41H51N5O6. The second kappa shape index (κ2) is 18.2. The summed E-state index contributed by atoms with van der Waals surface area (Å²) in [6.07, 6.45) is 6.18. The third kappa shape index (κ3) is 12.4. The van der Waals surface area contributed by atoms with Crippen LogP contribution < -0.4 is 16.0 Å². The van der Waals surface area contributed by atoms with E-state index < -0.39 is 47.0 Å². The highest BCUT2D eigenvalue weighted by Crippen LogP contribution is 2.26. The molecule has 11 nitrogen and oxygen atoms in total. The fraction of sp³-hybridized carbons (Fsp3) is 0.390. The normalized spacial score (nSPS) is 12.7. The molecule has 0 aliphatic rings. The zero-order valence-corrected chi connectivity index (χ0v) is 30.7. The van der Waals surface area contributed by atoms with E-state index in [1.165, 1.54) is 0 Å². The lowest BCUT2D eigenvalue weighted by Gasteiger charge is -2.29. The molecule has 4 N–H and O–H groups in total. The van der Waals surface area contributed by atoms with Gasteiger partial charge in [-0.05, 0) is 89.0 Å². The van der Waals surface area contributed by atoms with Gasteiger partial charge in [-0.15, -0.1) is 0 Å². The number of carboxylic acids is 1. The van der Waals surface area contributed by atoms with Crippen LogP contribution in [0, 0.1) is 0 Å². The number of hydrogen-bond donors (Lipinski definition) is 4. The average molecular weight is 710 g/mol. The van der Waals surface area contributed by atoms with Gasteiger partial charge in [-0.3, -0.25) is 14.4 Å². The first-order valence-electron chi connectivity index (χ1n) is 17.8. The number of ether oxygens (including phenoxy) is 1. The van der Waals surface area contributed by atoms with E-state index in [0.29, 0.717) is 44.5 Å². The van der Waals surface area contributed by atoms with E-state index in [1.807, 2.05) is 89.5 Å². The number of rotatable bonds is 17. The molecule has 0 aliphatic heterocycles. The highest BCUT2D eigenvalue weighted by Gasteiger charge is 2.34. The number of carbonyl (C=O) groups excluding carboxylic acids is 3. The van der Waals surface area contributed by atoms with Gasteiger partial charge >= 0.3 is 12.1 Å². The van der Waals surface area contributed by atoms with E-state index in [9.17, 15) is 24.3 Å². The van der Waals surface area contributed by atoms with Gasteiger partial charge in [0.05, 0.1) is 12.2 Å². The Hall–Kier alpha value is -5.45. The number of anilines is 1. The van der Waals surface area contributed by atoms with Gasteiger partial charge in [-0.25, -0.2) is 9.78 Å². The smallest absolute Gasteiger partial charge is 0.408 e. The van der Waals surface area contributed by atoms with E-state index in [0.717, 1.165) is 28.7 Å². The minimum Gasteiger partial charge on any atom is -0.481 e. The quantitative estimate of drug-likeness (QED) is 0.0838. The maximum absolute atomic E-state index is 13.5. The number of aliphatic carboxylic acids is 1. The molecule has 0 fully saturated rings. The van der Waals surface area contributed by atoms with E-state index >= 15 is 0 Å². The number of aryl methyl sites for hydroxylation is 2. The van der Waals surface area contributed by atoms with Crippen molar-refractivity contribution >= 4 is 29.7 Å². The van der Waals surface area contributed by atoms with Crippen LogP contribution in [0.3, 0.4) is 0 Å². The fourth-order valence-corrected chi connectivity index (χ4v) is 5.75. The van der Waals surface area contributed by atoms with Crippen LogP contribution in [-0.4, -0.2) is 55.7 Å². The van der Waals surface area contributed by atoms with E-state index in [1.54, 1.807) is 47.1 Å². The van der Waals surface area contributed by atoms with Crippen LogP contribution in [-0.2, 0) is 32.1 Å². The number of hydrogen-bond acceptors (Lipinski definition) is 6. The van der Waals surface area contributed by atoms with Crippen LogP contribution in [0.25, 0.3) is 11.1 Å². The van der Waals surface area contributed by atoms with Crippen LogP contribution in [0.15, 0.2) is 97.5 Å². The first-order chi connectivity index (χ1) is 24.7. The summed E-state index contributed by atoms with van der Waals surface area (Å²) >= 11 is 0. The van der Waals surface area contributed by atoms with Crippen LogP contribution >= 0.6 is 0 Å². The number of carboxylic acid groups (broad SMARTS) is 1. The summed E-state index contributed by atoms with van der Waals surface area (Å²) in [7, 11) is 0. The molecule has 0 bridgehead atoms. The van der Waals surface area contributed by atoms with Crippen molar-refractivity contribution in [3.8, 4) is 11.1 Å². The number of nitrogens with zero attached hydrogens (tertiary/aromatic N) is 2. The summed E-state index contributed by atoms with van der Waals surface area (Å²) in [6.45, 7) is 8.88. The predicted octanol–water partition coefficient (Wildman–Crippen LogP) is 7.34. The molecule has 0 saturated carbocycles. The molecule has 0 aliphatic carbocycles. The number of unbranched alkanes of at least 4 members (excludes halogenated alkanes) is 1. The Balaban J connectivity index is 1.32. The predicted molar refractivity (Wildman–Crippen MR) is 202 cm³/mol. The Kier molecular flexibility index (Phi) is 13.7. The number of benzene rings is 3. The molecule has 276 valence electrons. The molecule has 0 radical (unpaired) electrons. The molecular weight excluding hydrogens is 658 g/mol. The second-order valence-electron chi connectivity index (χ2n) is 14.5. The molecule has 2 atom stereocenters. The van der Waals surface area contributed by atoms with Gasteiger partial charge in [0.25, 0.3) is 0 Å². The van der Waals surface area contributed by atoms with Crippen LogP contribution in [0.4, 0.5) is 10.6 Å². The largest absolute Gasteiger partial charge is 0.481 e. The Morgan fingerprint density at radius 1 is 0.808 bits per heavy atom. The molecule has 1 heterocycles. The lowest BCUT2D eigenvalue weighted by atomic mass is 9.92. The van der Waals surface area contributed by atoms with Crippen molar-refractivity contribution in [2.45, 2.75) is 103 Å². The molecule has 52 heavy (non-hydrogen) atoms. The number of carbonyl (C=O) groups is 4. The van der Waals surface area contributed by atoms with Gasteiger partial charge in [0.15, 0.2) is 5.82 Å². The highest BCUT2D eigenvalue weighted by molar-refractivity contribution is 5.98. The molecule has 4 rings (SSSR count). The zero-order chi connectivity index (χ0) is 37.7. The van der Waals surface area contributed by atoms with Crippen molar-refractivity contribution in [3.05, 3.63) is 109 Å². The van der Waals surface area contributed by atoms with Gasteiger partial charge in [0, 0.05) is 12.7 Å². The first kappa shape index (κ1) is 39.3. The number of amides is 3. The van der Waals surface area contributed by atoms with Crippen LogP contribution in [0.5, 0.6) is 0 Å². The minimum atomic E-state index is -1.35. The maximum atomic E-state index is 13.5. The Morgan fingerprint density at radius 2 is 1.44 bits per heavy atom. The van der Waals surface area contributed by atoms with E-state index in [-0.39, 0.29) is 0 Å². The third-order valence-corrected chi connectivity index (χ3v) is 8.57. The summed E-state index contributed by atoms with van der Waals surface area (Å²) < 4.78 is 7.16. The zero-order valence-electron chi connectivity index (χ0n) is 30.7. The molecule has 0 spiro atoms. The lowest BCUT2D eigenvalue weighted by Crippen LogP contribution is -2.58. The summed E-state index contributed by atoms with van der Waals surface area (Å²) in [4.78, 5) is 55.8. The fourth-order valence-electron chi connectivity index (χ4n) is 5.75. The summed E-state index contributed by atoms with van der Waals surface area (Å²) in [6, 6.07) is 26.6. The molecule has 0 saturated heterocycles. The Labute approximate surface area is 306 Å². The monoisotopic (exact) mass is 709 g/mol. The maximum Gasteiger partial charge on any atom is 0.408 e. The lowest BCUT2D eigenvalue weighted by molar-refractivity contribution is -0.139. The summed E-state index contributed by atoms with van der Waals surface area (Å²) in [5.74, 6) is -2.09. The molecule has 1 unspecified atom stereocenters. The summed E-state index contributed by atoms with van der Waals surface area (Å²) in [5, 5.41) is 18.2. The van der Waals surface area contributed by atoms with E-state index in [4.69, 9.17) is 4.74 Å². The molecule has 3 aromatic carbocycles. The second-order valence-corrected chi connectivity index (χ2v) is 14.5. The first-order valence-corrected chi connectivity index (χ1v) is 17.8. The van der Waals surface area contributed by atoms with Gasteiger partial charge in [-0.1, -0.05) is 91.3 Å². The Morgan fingerprint density at radius 3 is 2.08 bits per heavy atom. The van der Waals surface area contributed by atoms with Crippen LogP contribution in [0.2, 0.25) is 0 Å². The molecule has 1 aromatic heterocycles. The van der Waals surface area contributed by atoms with E-state index in [2.05, 4.69) is 20.9 Å². The van der Waals surface area contributed by atoms with Crippen molar-refractivity contribution in [3.63, 3.8) is 0 Å². The van der Waals surface area contributed by atoms with Gasteiger partial charge in [-0.2, -0.15) is 0 Å². The highest BCUT2D eigenvalue weighted by atomic mass is 16.6. The summed E-state index contributed by atoms with van der Waals surface area (Å²) in [5.41, 5.74) is 1.92. The molecule has 4 aromatic rings. The van der Waals surface area contributed by atoms with Crippen molar-refractivity contribution in [2.75, 3.05) is 5.32 Å². The van der Waals surface area contributed by atoms with Crippen molar-refractivity contribution in [2.24, 2.45) is 0 Å². The van der Waals surface area contributed by atoms with Crippen molar-refractivity contribution in [1.29, 1.82) is 0 Å². The van der Waals surface area contributed by atoms with Gasteiger partial charge in [0.2, 0.25) is 11.8 Å². The third-order valence-electron chi connectivity index (χ3n) is 8.57. The number of aromatic nitrogens is 2. The van der Waals surface area contributed by atoms with Crippen molar-refractivity contribution in [1.82, 2.24) is 20.2 Å². The van der Waals surface area contributed by atoms with Crippen LogP contribution in [0.1, 0.15) is 83.8 Å². The SMILES string of the molecule is CC(C)(C)OC(=O)NC(C)(C)C(=O)N[C@H](CCCc1ccccc1)C(=O)Nc1cn(CCCCC(C(=O)O)c2ccc(-c3ccccc3)cc2)cn1. The van der Waals surface area contributed by atoms with Crippen molar-refractivity contribution < 1.29 is 29.0 Å². The molecule has 3 amide bonds. The Bertz CT molecular complexity index is 1760. The average Bonchev–Trinajstić information content (AvgIpc) is 3.54. The standard InChI is InChI=1S/C41H51N5O6/c1-40(2,3)52-39(51)45-41(4,5)38(50)43-34(21-14-17-29-15-8-6-9-16-29)36(47)44-35-27-46(28-42-35)26-13-12-20-33(37(48)49)32-24-22-31(23-25-32)30-18-10-7-11-19-30/h6-11,15-16,18-19,22-25,27-28,33-34H,12-14,17,20-21,26H2,1-5H3,(H,43,50)(H,44,47)(H,45,51)(H,48,49)/t33?,34-/m1/s1. The van der Waals surface area contributed by atoms with Gasteiger partial charge in [0.1, 0.15) is 17.2 Å². The number of alkyl carbamates (subject to hydrolysis) is 1. The topological polar surface area (TPSA) is 152 Å². The number of imidazole rings is 1. The minimum absolute atomic E-state index is 0.334. The number of nitrogens with one attached hydrogen (secondary N) is 3.